The zero-order valence-electron chi connectivity index (χ0n) is 10.7. The fraction of sp³-hybridized carbons (Fsp3) is 0.500. The Bertz CT molecular complexity index is 467. The van der Waals surface area contributed by atoms with Crippen molar-refractivity contribution in [3.8, 4) is 0 Å². The number of oxime groups is 1. The summed E-state index contributed by atoms with van der Waals surface area (Å²) >= 11 is 0. The number of nitrogens with two attached hydrogens (primary N) is 1. The molecule has 6 heteroatoms. The van der Waals surface area contributed by atoms with Crippen LogP contribution in [0.5, 0.6) is 0 Å². The number of pyridine rings is 1. The lowest BCUT2D eigenvalue weighted by atomic mass is 10.1. The van der Waals surface area contributed by atoms with Crippen LogP contribution in [0.3, 0.4) is 0 Å². The summed E-state index contributed by atoms with van der Waals surface area (Å²) in [6.07, 6.45) is 0. The van der Waals surface area contributed by atoms with E-state index in [9.17, 15) is 0 Å². The van der Waals surface area contributed by atoms with E-state index in [1.165, 1.54) is 0 Å². The van der Waals surface area contributed by atoms with Crippen LogP contribution in [0, 0.1) is 13.8 Å². The normalized spacial score (nSPS) is 17.0. The van der Waals surface area contributed by atoms with Crippen LogP contribution in [0.15, 0.2) is 11.2 Å². The summed E-state index contributed by atoms with van der Waals surface area (Å²) in [5.41, 5.74) is 9.10. The minimum absolute atomic E-state index is 0.0986. The Balaban J connectivity index is 2.49. The van der Waals surface area contributed by atoms with Gasteiger partial charge < -0.3 is 20.6 Å². The molecule has 0 atom stereocenters. The standard InChI is InChI=1S/C12H18N4O2/c1-8-7-10(16-3-5-18-6-4-16)11(9(2)14-8)12(13)15-17/h7,17H,3-6H2,1-2H3,(H2,13,15). The Morgan fingerprint density at radius 3 is 2.72 bits per heavy atom. The number of morpholine rings is 1. The second-order valence-corrected chi connectivity index (χ2v) is 4.33. The van der Waals surface area contributed by atoms with Crippen LogP contribution >= 0.6 is 0 Å². The fourth-order valence-corrected chi connectivity index (χ4v) is 2.23. The minimum Gasteiger partial charge on any atom is -0.409 e. The molecule has 0 aliphatic carbocycles. The molecule has 0 saturated carbocycles. The first-order valence-corrected chi connectivity index (χ1v) is 5.92. The lowest BCUT2D eigenvalue weighted by Gasteiger charge is -2.31. The molecule has 0 amide bonds. The van der Waals surface area contributed by atoms with Crippen molar-refractivity contribution in [3.63, 3.8) is 0 Å². The predicted molar refractivity (Wildman–Crippen MR) is 69.3 cm³/mol. The van der Waals surface area contributed by atoms with E-state index >= 15 is 0 Å². The summed E-state index contributed by atoms with van der Waals surface area (Å²) in [6.45, 7) is 6.78. The molecule has 0 bridgehead atoms. The number of hydrogen-bond acceptors (Lipinski definition) is 5. The highest BCUT2D eigenvalue weighted by atomic mass is 16.5. The van der Waals surface area contributed by atoms with Gasteiger partial charge in [0.05, 0.1) is 30.2 Å². The number of nitrogens with zero attached hydrogens (tertiary/aromatic N) is 3. The van der Waals surface area contributed by atoms with Gasteiger partial charge in [0.1, 0.15) is 0 Å². The number of hydrogen-bond donors (Lipinski definition) is 2. The van der Waals surface area contributed by atoms with Crippen LogP contribution in [0.25, 0.3) is 0 Å². The molecule has 1 aliphatic heterocycles. The molecule has 2 heterocycles. The topological polar surface area (TPSA) is 84.0 Å². The van der Waals surface area contributed by atoms with Crippen LogP contribution in [0.4, 0.5) is 5.69 Å². The highest BCUT2D eigenvalue weighted by molar-refractivity contribution is 6.03. The van der Waals surface area contributed by atoms with Gasteiger partial charge in [-0.3, -0.25) is 4.98 Å². The first kappa shape index (κ1) is 12.6. The first-order chi connectivity index (χ1) is 8.63. The molecule has 0 radical (unpaired) electrons. The summed E-state index contributed by atoms with van der Waals surface area (Å²) in [6, 6.07) is 1.96. The zero-order valence-corrected chi connectivity index (χ0v) is 10.7. The quantitative estimate of drug-likeness (QED) is 0.348. The highest BCUT2D eigenvalue weighted by Gasteiger charge is 2.19. The number of amidine groups is 1. The van der Waals surface area contributed by atoms with Gasteiger partial charge >= 0.3 is 0 Å². The molecule has 0 spiro atoms. The van der Waals surface area contributed by atoms with Gasteiger partial charge in [0.25, 0.3) is 0 Å². The van der Waals surface area contributed by atoms with Gasteiger partial charge in [-0.25, -0.2) is 0 Å². The van der Waals surface area contributed by atoms with E-state index in [2.05, 4.69) is 15.0 Å². The molecular weight excluding hydrogens is 232 g/mol. The Morgan fingerprint density at radius 2 is 2.11 bits per heavy atom. The van der Waals surface area contributed by atoms with Gasteiger partial charge in [0, 0.05) is 18.8 Å². The molecule has 0 aromatic carbocycles. The molecule has 1 aromatic heterocycles. The lowest BCUT2D eigenvalue weighted by molar-refractivity contribution is 0.122. The Labute approximate surface area is 106 Å². The third-order valence-electron chi connectivity index (χ3n) is 3.02. The van der Waals surface area contributed by atoms with E-state index in [4.69, 9.17) is 15.7 Å². The van der Waals surface area contributed by atoms with Crippen molar-refractivity contribution < 1.29 is 9.94 Å². The maximum absolute atomic E-state index is 8.90. The predicted octanol–water partition coefficient (Wildman–Crippen LogP) is 0.630. The molecule has 1 saturated heterocycles. The maximum atomic E-state index is 8.90. The molecule has 98 valence electrons. The minimum atomic E-state index is 0.0986. The summed E-state index contributed by atoms with van der Waals surface area (Å²) in [5.74, 6) is 0.0986. The molecule has 6 nitrogen and oxygen atoms in total. The largest absolute Gasteiger partial charge is 0.409 e. The van der Waals surface area contributed by atoms with Crippen molar-refractivity contribution in [1.82, 2.24) is 4.98 Å². The van der Waals surface area contributed by atoms with Crippen LogP contribution in [-0.4, -0.2) is 42.3 Å². The Hall–Kier alpha value is -1.82. The second-order valence-electron chi connectivity index (χ2n) is 4.33. The van der Waals surface area contributed by atoms with Gasteiger partial charge in [-0.1, -0.05) is 5.16 Å². The number of aryl methyl sites for hydroxylation is 2. The van der Waals surface area contributed by atoms with Crippen molar-refractivity contribution >= 4 is 11.5 Å². The summed E-state index contributed by atoms with van der Waals surface area (Å²) in [5, 5.41) is 12.0. The second kappa shape index (κ2) is 5.22. The summed E-state index contributed by atoms with van der Waals surface area (Å²) in [7, 11) is 0. The first-order valence-electron chi connectivity index (χ1n) is 5.92. The molecule has 1 fully saturated rings. The zero-order chi connectivity index (χ0) is 13.1. The molecule has 18 heavy (non-hydrogen) atoms. The molecule has 2 rings (SSSR count). The summed E-state index contributed by atoms with van der Waals surface area (Å²) < 4.78 is 5.34. The number of ether oxygens (including phenoxy) is 1. The maximum Gasteiger partial charge on any atom is 0.174 e. The molecular formula is C12H18N4O2. The van der Waals surface area contributed by atoms with Crippen LogP contribution in [-0.2, 0) is 4.74 Å². The smallest absolute Gasteiger partial charge is 0.174 e. The van der Waals surface area contributed by atoms with Crippen LogP contribution in [0.2, 0.25) is 0 Å². The molecule has 3 N–H and O–H groups in total. The molecule has 1 aliphatic rings. The van der Waals surface area contributed by atoms with Crippen molar-refractivity contribution in [2.24, 2.45) is 10.9 Å². The van der Waals surface area contributed by atoms with Gasteiger partial charge in [-0.2, -0.15) is 0 Å². The van der Waals surface area contributed by atoms with Gasteiger partial charge in [-0.05, 0) is 19.9 Å². The SMILES string of the molecule is Cc1cc(N2CCOCC2)c(/C(N)=N/O)c(C)n1. The van der Waals surface area contributed by atoms with Gasteiger partial charge in [0.2, 0.25) is 0 Å². The van der Waals surface area contributed by atoms with Gasteiger partial charge in [-0.15, -0.1) is 0 Å². The monoisotopic (exact) mass is 250 g/mol. The van der Waals surface area contributed by atoms with E-state index in [0.717, 1.165) is 30.2 Å². The molecule has 1 aromatic rings. The fourth-order valence-electron chi connectivity index (χ4n) is 2.23. The Kier molecular flexibility index (Phi) is 3.66. The average Bonchev–Trinajstić information content (AvgIpc) is 2.38. The third kappa shape index (κ3) is 2.38. The average molecular weight is 250 g/mol. The van der Waals surface area contributed by atoms with Crippen molar-refractivity contribution in [1.29, 1.82) is 0 Å². The van der Waals surface area contributed by atoms with E-state index in [1.54, 1.807) is 0 Å². The number of aromatic nitrogens is 1. The Morgan fingerprint density at radius 1 is 1.44 bits per heavy atom. The van der Waals surface area contributed by atoms with E-state index in [1.807, 2.05) is 19.9 Å². The third-order valence-corrected chi connectivity index (χ3v) is 3.02. The number of rotatable bonds is 2. The van der Waals surface area contributed by atoms with Crippen LogP contribution < -0.4 is 10.6 Å². The van der Waals surface area contributed by atoms with Crippen molar-refractivity contribution in [3.05, 3.63) is 23.0 Å². The van der Waals surface area contributed by atoms with Crippen molar-refractivity contribution in [2.75, 3.05) is 31.2 Å². The van der Waals surface area contributed by atoms with Crippen molar-refractivity contribution in [2.45, 2.75) is 13.8 Å². The highest BCUT2D eigenvalue weighted by Crippen LogP contribution is 2.24. The van der Waals surface area contributed by atoms with E-state index < -0.39 is 0 Å². The summed E-state index contributed by atoms with van der Waals surface area (Å²) in [4.78, 5) is 6.55. The van der Waals surface area contributed by atoms with Gasteiger partial charge in [0.15, 0.2) is 5.84 Å². The van der Waals surface area contributed by atoms with E-state index in [0.29, 0.717) is 18.8 Å². The van der Waals surface area contributed by atoms with E-state index in [-0.39, 0.29) is 5.84 Å². The number of anilines is 1. The van der Waals surface area contributed by atoms with Crippen LogP contribution in [0.1, 0.15) is 17.0 Å². The molecule has 0 unspecified atom stereocenters. The lowest BCUT2D eigenvalue weighted by Crippen LogP contribution is -2.38.